The van der Waals surface area contributed by atoms with Crippen molar-refractivity contribution in [2.24, 2.45) is 0 Å². The standard InChI is InChI=1S/C47H40N2/c1-33-18-23-39(24-19-33)48(40-25-20-34(2)21-26-40)42-27-29-46-44(32-42)43-30-36(35-12-7-5-8-13-35)22-28-45(43)49(46)41-17-11-16-38(31-41)47(3,4)37-14-9-6-10-15-37/h5-32H,1-4H3/i5D,7D,8D,12D,13D. The van der Waals surface area contributed by atoms with Gasteiger partial charge in [0.05, 0.1) is 17.9 Å². The van der Waals surface area contributed by atoms with Gasteiger partial charge in [0.1, 0.15) is 0 Å². The van der Waals surface area contributed by atoms with Crippen molar-refractivity contribution < 1.29 is 6.85 Å². The van der Waals surface area contributed by atoms with Crippen molar-refractivity contribution >= 4 is 38.9 Å². The maximum atomic E-state index is 8.76. The minimum Gasteiger partial charge on any atom is -0.310 e. The third-order valence-corrected chi connectivity index (χ3v) is 9.70. The molecule has 1 aromatic heterocycles. The zero-order valence-corrected chi connectivity index (χ0v) is 28.2. The van der Waals surface area contributed by atoms with E-state index in [1.165, 1.54) is 22.3 Å². The number of rotatable bonds is 7. The third kappa shape index (κ3) is 5.60. The molecule has 0 aliphatic heterocycles. The van der Waals surface area contributed by atoms with Crippen molar-refractivity contribution in [3.05, 3.63) is 192 Å². The summed E-state index contributed by atoms with van der Waals surface area (Å²) in [5.74, 6) is 0. The van der Waals surface area contributed by atoms with Crippen LogP contribution in [0.1, 0.15) is 43.0 Å². The molecule has 0 aliphatic rings. The fourth-order valence-corrected chi connectivity index (χ4v) is 6.87. The van der Waals surface area contributed by atoms with E-state index >= 15 is 0 Å². The van der Waals surface area contributed by atoms with E-state index in [2.05, 4.69) is 152 Å². The lowest BCUT2D eigenvalue weighted by Gasteiger charge is -2.27. The molecule has 0 N–H and O–H groups in total. The Balaban J connectivity index is 1.40. The Hall–Kier alpha value is -5.86. The van der Waals surface area contributed by atoms with Gasteiger partial charge in [0.25, 0.3) is 0 Å². The van der Waals surface area contributed by atoms with Gasteiger partial charge in [-0.2, -0.15) is 0 Å². The number of hydrogen-bond acceptors (Lipinski definition) is 1. The Morgan fingerprint density at radius 2 is 1.08 bits per heavy atom. The topological polar surface area (TPSA) is 8.17 Å². The summed E-state index contributed by atoms with van der Waals surface area (Å²) in [5, 5.41) is 1.89. The van der Waals surface area contributed by atoms with Crippen molar-refractivity contribution in [2.75, 3.05) is 4.90 Å². The maximum absolute atomic E-state index is 8.76. The van der Waals surface area contributed by atoms with Crippen LogP contribution in [-0.4, -0.2) is 4.57 Å². The lowest BCUT2D eigenvalue weighted by atomic mass is 9.78. The van der Waals surface area contributed by atoms with E-state index in [0.29, 0.717) is 5.56 Å². The smallest absolute Gasteiger partial charge is 0.0629 e. The molecule has 0 saturated heterocycles. The van der Waals surface area contributed by atoms with E-state index in [0.717, 1.165) is 44.6 Å². The minimum absolute atomic E-state index is 0.187. The van der Waals surface area contributed by atoms with Crippen molar-refractivity contribution in [3.8, 4) is 16.8 Å². The zero-order valence-electron chi connectivity index (χ0n) is 33.2. The molecule has 0 spiro atoms. The summed E-state index contributed by atoms with van der Waals surface area (Å²) in [5.41, 5.74) is 11.3. The normalized spacial score (nSPS) is 13.1. The number of nitrogens with zero attached hydrogens (tertiary/aromatic N) is 2. The van der Waals surface area contributed by atoms with Gasteiger partial charge < -0.3 is 9.47 Å². The maximum Gasteiger partial charge on any atom is 0.0629 e. The van der Waals surface area contributed by atoms with Gasteiger partial charge in [0.2, 0.25) is 0 Å². The average Bonchev–Trinajstić information content (AvgIpc) is 3.51. The first-order chi connectivity index (χ1) is 25.9. The SMILES string of the molecule is [2H]c1c([2H])c([2H])c(-c2ccc3c(c2)c2cc(N(c4ccc(C)cc4)c4ccc(C)cc4)ccc2n3-c2cccc(C(C)(C)c3ccccc3)c2)c([2H])c1[2H]. The van der Waals surface area contributed by atoms with Crippen LogP contribution in [-0.2, 0) is 5.41 Å². The molecule has 0 fully saturated rings. The molecule has 238 valence electrons. The van der Waals surface area contributed by atoms with E-state index in [1.54, 1.807) is 0 Å². The molecule has 49 heavy (non-hydrogen) atoms. The molecule has 0 radical (unpaired) electrons. The Morgan fingerprint density at radius 3 is 1.73 bits per heavy atom. The highest BCUT2D eigenvalue weighted by Crippen LogP contribution is 2.41. The van der Waals surface area contributed by atoms with Crippen LogP contribution in [0.15, 0.2) is 170 Å². The van der Waals surface area contributed by atoms with Crippen LogP contribution in [0, 0.1) is 13.8 Å². The molecule has 0 atom stereocenters. The molecule has 0 saturated carbocycles. The fourth-order valence-electron chi connectivity index (χ4n) is 6.87. The van der Waals surface area contributed by atoms with Gasteiger partial charge in [-0.05, 0) is 103 Å². The molecule has 2 heteroatoms. The summed E-state index contributed by atoms with van der Waals surface area (Å²) in [6.45, 7) is 8.67. The highest BCUT2D eigenvalue weighted by molar-refractivity contribution is 6.12. The molecule has 1 heterocycles. The first-order valence-electron chi connectivity index (χ1n) is 19.2. The number of aryl methyl sites for hydroxylation is 2. The highest BCUT2D eigenvalue weighted by Gasteiger charge is 2.24. The van der Waals surface area contributed by atoms with Gasteiger partial charge in [-0.25, -0.2) is 0 Å². The average molecular weight is 638 g/mol. The Morgan fingerprint density at radius 1 is 0.510 bits per heavy atom. The number of benzene rings is 7. The molecule has 0 aliphatic carbocycles. The van der Waals surface area contributed by atoms with Crippen LogP contribution in [0.2, 0.25) is 0 Å². The van der Waals surface area contributed by atoms with E-state index in [4.69, 9.17) is 6.85 Å². The summed E-state index contributed by atoms with van der Waals surface area (Å²) in [6, 6.07) is 47.1. The predicted octanol–water partition coefficient (Wildman–Crippen LogP) is 12.9. The summed E-state index contributed by atoms with van der Waals surface area (Å²) in [4.78, 5) is 2.25. The van der Waals surface area contributed by atoms with Crippen LogP contribution in [0.3, 0.4) is 0 Å². The summed E-state index contributed by atoms with van der Waals surface area (Å²) in [7, 11) is 0. The van der Waals surface area contributed by atoms with Gasteiger partial charge >= 0.3 is 0 Å². The molecule has 8 aromatic rings. The zero-order chi connectivity index (χ0) is 37.9. The highest BCUT2D eigenvalue weighted by atomic mass is 15.1. The Labute approximate surface area is 296 Å². The molecule has 7 aromatic carbocycles. The number of anilines is 3. The molecule has 0 bridgehead atoms. The van der Waals surface area contributed by atoms with Crippen LogP contribution < -0.4 is 4.90 Å². The Kier molecular flexibility index (Phi) is 6.33. The summed E-state index contributed by atoms with van der Waals surface area (Å²) < 4.78 is 44.7. The van der Waals surface area contributed by atoms with E-state index < -0.39 is 6.04 Å². The summed E-state index contributed by atoms with van der Waals surface area (Å²) in [6.07, 6.45) is 0. The van der Waals surface area contributed by atoms with Gasteiger partial charge in [0, 0.05) is 38.9 Å². The van der Waals surface area contributed by atoms with Crippen molar-refractivity contribution in [1.82, 2.24) is 4.57 Å². The third-order valence-electron chi connectivity index (χ3n) is 9.70. The molecular weight excluding hydrogens is 593 g/mol. The molecule has 8 rings (SSSR count). The molecule has 2 nitrogen and oxygen atoms in total. The second-order valence-electron chi connectivity index (χ2n) is 13.3. The lowest BCUT2D eigenvalue weighted by Crippen LogP contribution is -2.19. The van der Waals surface area contributed by atoms with Crippen LogP contribution in [0.5, 0.6) is 0 Å². The number of fused-ring (bicyclic) bond motifs is 3. The second-order valence-corrected chi connectivity index (χ2v) is 13.3. The van der Waals surface area contributed by atoms with Crippen molar-refractivity contribution in [1.29, 1.82) is 0 Å². The quantitative estimate of drug-likeness (QED) is 0.169. The van der Waals surface area contributed by atoms with E-state index in [9.17, 15) is 0 Å². The molecule has 0 unspecified atom stereocenters. The van der Waals surface area contributed by atoms with Gasteiger partial charge in [-0.3, -0.25) is 0 Å². The summed E-state index contributed by atoms with van der Waals surface area (Å²) >= 11 is 0. The van der Waals surface area contributed by atoms with Gasteiger partial charge in [0.15, 0.2) is 0 Å². The number of hydrogen-bond donors (Lipinski definition) is 0. The Bertz CT molecular complexity index is 2620. The molecule has 0 amide bonds. The van der Waals surface area contributed by atoms with E-state index in [1.807, 2.05) is 24.3 Å². The van der Waals surface area contributed by atoms with Crippen LogP contribution in [0.4, 0.5) is 17.1 Å². The van der Waals surface area contributed by atoms with Crippen molar-refractivity contribution in [3.63, 3.8) is 0 Å². The predicted molar refractivity (Wildman–Crippen MR) is 209 cm³/mol. The number of aromatic nitrogens is 1. The first-order valence-corrected chi connectivity index (χ1v) is 16.7. The fraction of sp³-hybridized carbons (Fsp3) is 0.106. The lowest BCUT2D eigenvalue weighted by molar-refractivity contribution is 0.640. The van der Waals surface area contributed by atoms with Crippen molar-refractivity contribution in [2.45, 2.75) is 33.1 Å². The van der Waals surface area contributed by atoms with E-state index in [-0.39, 0.29) is 35.1 Å². The monoisotopic (exact) mass is 637 g/mol. The second kappa shape index (κ2) is 12.3. The van der Waals surface area contributed by atoms with Gasteiger partial charge in [-0.15, -0.1) is 0 Å². The van der Waals surface area contributed by atoms with Gasteiger partial charge in [-0.1, -0.05) is 128 Å². The van der Waals surface area contributed by atoms with Crippen LogP contribution in [0.25, 0.3) is 38.6 Å². The largest absolute Gasteiger partial charge is 0.310 e. The molecular formula is C47H40N2. The minimum atomic E-state index is -0.401. The van der Waals surface area contributed by atoms with Crippen LogP contribution >= 0.6 is 0 Å². The first kappa shape index (κ1) is 25.2.